The van der Waals surface area contributed by atoms with Gasteiger partial charge in [-0.05, 0) is 50.5 Å². The summed E-state index contributed by atoms with van der Waals surface area (Å²) >= 11 is 0. The highest BCUT2D eigenvalue weighted by atomic mass is 16.5. The minimum Gasteiger partial charge on any atom is -0.377 e. The van der Waals surface area contributed by atoms with Crippen molar-refractivity contribution in [3.63, 3.8) is 0 Å². The molecule has 0 aromatic heterocycles. The highest BCUT2D eigenvalue weighted by Crippen LogP contribution is 2.36. The van der Waals surface area contributed by atoms with Crippen LogP contribution in [0.4, 0.5) is 0 Å². The van der Waals surface area contributed by atoms with Crippen LogP contribution in [0.5, 0.6) is 0 Å². The second-order valence-corrected chi connectivity index (χ2v) is 8.15. The van der Waals surface area contributed by atoms with Gasteiger partial charge in [0.25, 0.3) is 0 Å². The molecule has 1 atom stereocenters. The first-order chi connectivity index (χ1) is 11.1. The van der Waals surface area contributed by atoms with Crippen molar-refractivity contribution in [1.82, 2.24) is 4.90 Å². The number of rotatable bonds is 8. The van der Waals surface area contributed by atoms with Crippen molar-refractivity contribution in [2.45, 2.75) is 97.6 Å². The summed E-state index contributed by atoms with van der Waals surface area (Å²) < 4.78 is 6.21. The molecule has 0 spiro atoms. The van der Waals surface area contributed by atoms with E-state index >= 15 is 0 Å². The van der Waals surface area contributed by atoms with Gasteiger partial charge in [0.2, 0.25) is 0 Å². The molecule has 0 bridgehead atoms. The lowest BCUT2D eigenvalue weighted by Crippen LogP contribution is -2.39. The highest BCUT2D eigenvalue weighted by Gasteiger charge is 2.25. The quantitative estimate of drug-likeness (QED) is 0.542. The molecule has 0 aromatic rings. The molecule has 2 nitrogen and oxygen atoms in total. The van der Waals surface area contributed by atoms with Gasteiger partial charge >= 0.3 is 0 Å². The summed E-state index contributed by atoms with van der Waals surface area (Å²) in [5, 5.41) is 0. The minimum atomic E-state index is 0.380. The Morgan fingerprint density at radius 3 is 2.43 bits per heavy atom. The number of likely N-dealkylation sites (N-methyl/N-ethyl adjacent to an activating group) is 1. The summed E-state index contributed by atoms with van der Waals surface area (Å²) in [6.07, 6.45) is 14.8. The Bertz CT molecular complexity index is 368. The Kier molecular flexibility index (Phi) is 7.62. The van der Waals surface area contributed by atoms with Gasteiger partial charge in [-0.25, -0.2) is 0 Å². The summed E-state index contributed by atoms with van der Waals surface area (Å²) in [4.78, 5) is 2.66. The lowest BCUT2D eigenvalue weighted by molar-refractivity contribution is 0.0208. The Morgan fingerprint density at radius 1 is 1.13 bits per heavy atom. The normalized spacial score (nSPS) is 24.0. The zero-order chi connectivity index (χ0) is 16.7. The first kappa shape index (κ1) is 19.0. The van der Waals surface area contributed by atoms with E-state index in [0.717, 1.165) is 25.6 Å². The van der Waals surface area contributed by atoms with Crippen LogP contribution in [0.25, 0.3) is 0 Å². The fourth-order valence-corrected chi connectivity index (χ4v) is 4.18. The van der Waals surface area contributed by atoms with Crippen LogP contribution in [0.15, 0.2) is 11.6 Å². The average Bonchev–Trinajstić information content (AvgIpc) is 2.60. The monoisotopic (exact) mass is 321 g/mol. The average molecular weight is 322 g/mol. The van der Waals surface area contributed by atoms with E-state index in [1.165, 1.54) is 57.9 Å². The van der Waals surface area contributed by atoms with Crippen molar-refractivity contribution >= 4 is 0 Å². The van der Waals surface area contributed by atoms with E-state index in [-0.39, 0.29) is 0 Å². The fraction of sp³-hybridized carbons (Fsp3) is 0.905. The predicted molar refractivity (Wildman–Crippen MR) is 99.9 cm³/mol. The van der Waals surface area contributed by atoms with E-state index in [1.807, 2.05) is 0 Å². The van der Waals surface area contributed by atoms with Crippen LogP contribution in [0.2, 0.25) is 0 Å². The third-order valence-electron chi connectivity index (χ3n) is 6.35. The van der Waals surface area contributed by atoms with Crippen LogP contribution in [0, 0.1) is 5.41 Å². The molecule has 0 saturated heterocycles. The van der Waals surface area contributed by atoms with Gasteiger partial charge in [-0.15, -0.1) is 0 Å². The summed E-state index contributed by atoms with van der Waals surface area (Å²) in [5.41, 5.74) is 2.03. The molecular weight excluding hydrogens is 282 g/mol. The van der Waals surface area contributed by atoms with Gasteiger partial charge in [0.15, 0.2) is 0 Å². The number of ether oxygens (including phenoxy) is 1. The Hall–Kier alpha value is -0.340. The van der Waals surface area contributed by atoms with Crippen LogP contribution < -0.4 is 0 Å². The van der Waals surface area contributed by atoms with Crippen LogP contribution in [0.3, 0.4) is 0 Å². The van der Waals surface area contributed by atoms with Crippen molar-refractivity contribution in [1.29, 1.82) is 0 Å². The Labute approximate surface area is 144 Å². The molecule has 0 heterocycles. The van der Waals surface area contributed by atoms with E-state index in [0.29, 0.717) is 11.5 Å². The maximum atomic E-state index is 6.21. The van der Waals surface area contributed by atoms with Gasteiger partial charge in [0, 0.05) is 12.6 Å². The summed E-state index contributed by atoms with van der Waals surface area (Å²) in [5.74, 6) is 0. The van der Waals surface area contributed by atoms with Crippen molar-refractivity contribution < 1.29 is 4.74 Å². The van der Waals surface area contributed by atoms with Gasteiger partial charge < -0.3 is 4.74 Å². The zero-order valence-electron chi connectivity index (χ0n) is 16.1. The SMILES string of the molecule is CCN(CCOC1CC=C(C(C)(C)CC)CC1)C1CCCCC1. The Morgan fingerprint density at radius 2 is 1.87 bits per heavy atom. The van der Waals surface area contributed by atoms with E-state index in [1.54, 1.807) is 5.57 Å². The number of hydrogen-bond acceptors (Lipinski definition) is 2. The van der Waals surface area contributed by atoms with Crippen molar-refractivity contribution in [2.75, 3.05) is 19.7 Å². The number of nitrogens with zero attached hydrogens (tertiary/aromatic N) is 1. The summed E-state index contributed by atoms with van der Waals surface area (Å²) in [6, 6.07) is 0.820. The summed E-state index contributed by atoms with van der Waals surface area (Å²) in [7, 11) is 0. The molecule has 2 aliphatic rings. The molecule has 0 N–H and O–H groups in total. The third kappa shape index (κ3) is 5.60. The van der Waals surface area contributed by atoms with Gasteiger partial charge in [-0.3, -0.25) is 4.90 Å². The molecule has 1 unspecified atom stereocenters. The standard InChI is InChI=1S/C21H39NO/c1-5-21(3,4)18-12-14-20(15-13-18)23-17-16-22(6-2)19-10-8-7-9-11-19/h12,19-20H,5-11,13-17H2,1-4H3. The van der Waals surface area contributed by atoms with E-state index in [9.17, 15) is 0 Å². The molecule has 1 saturated carbocycles. The number of allylic oxidation sites excluding steroid dienone is 1. The molecule has 0 aliphatic heterocycles. The zero-order valence-corrected chi connectivity index (χ0v) is 16.1. The van der Waals surface area contributed by atoms with E-state index in [2.05, 4.69) is 38.7 Å². The molecule has 23 heavy (non-hydrogen) atoms. The molecule has 2 rings (SSSR count). The molecule has 0 radical (unpaired) electrons. The second-order valence-electron chi connectivity index (χ2n) is 8.15. The lowest BCUT2D eigenvalue weighted by Gasteiger charge is -2.34. The van der Waals surface area contributed by atoms with Crippen LogP contribution in [0.1, 0.15) is 85.5 Å². The van der Waals surface area contributed by atoms with Crippen molar-refractivity contribution in [2.24, 2.45) is 5.41 Å². The highest BCUT2D eigenvalue weighted by molar-refractivity contribution is 5.15. The van der Waals surface area contributed by atoms with E-state index in [4.69, 9.17) is 4.74 Å². The maximum absolute atomic E-state index is 6.21. The largest absolute Gasteiger partial charge is 0.377 e. The van der Waals surface area contributed by atoms with Crippen LogP contribution in [-0.2, 0) is 4.74 Å². The molecular formula is C21H39NO. The molecule has 2 heteroatoms. The van der Waals surface area contributed by atoms with Gasteiger partial charge in [0.1, 0.15) is 0 Å². The second kappa shape index (κ2) is 9.22. The van der Waals surface area contributed by atoms with E-state index < -0.39 is 0 Å². The van der Waals surface area contributed by atoms with Gasteiger partial charge in [-0.1, -0.05) is 58.6 Å². The molecule has 2 aliphatic carbocycles. The molecule has 0 amide bonds. The third-order valence-corrected chi connectivity index (χ3v) is 6.35. The summed E-state index contributed by atoms with van der Waals surface area (Å²) in [6.45, 7) is 12.6. The smallest absolute Gasteiger partial charge is 0.0613 e. The topological polar surface area (TPSA) is 12.5 Å². The van der Waals surface area contributed by atoms with Gasteiger partial charge in [0.05, 0.1) is 12.7 Å². The first-order valence-corrected chi connectivity index (χ1v) is 10.1. The van der Waals surface area contributed by atoms with Crippen LogP contribution >= 0.6 is 0 Å². The maximum Gasteiger partial charge on any atom is 0.0613 e. The predicted octanol–water partition coefficient (Wildman–Crippen LogP) is 5.57. The molecule has 1 fully saturated rings. The molecule has 0 aromatic carbocycles. The van der Waals surface area contributed by atoms with Gasteiger partial charge in [-0.2, -0.15) is 0 Å². The lowest BCUT2D eigenvalue weighted by atomic mass is 9.76. The minimum absolute atomic E-state index is 0.380. The Balaban J connectivity index is 1.70. The first-order valence-electron chi connectivity index (χ1n) is 10.1. The van der Waals surface area contributed by atoms with Crippen molar-refractivity contribution in [3.8, 4) is 0 Å². The van der Waals surface area contributed by atoms with Crippen molar-refractivity contribution in [3.05, 3.63) is 11.6 Å². The molecule has 134 valence electrons. The fourth-order valence-electron chi connectivity index (χ4n) is 4.18. The number of hydrogen-bond donors (Lipinski definition) is 0. The van der Waals surface area contributed by atoms with Crippen LogP contribution in [-0.4, -0.2) is 36.7 Å².